The van der Waals surface area contributed by atoms with Crippen LogP contribution in [0.25, 0.3) is 0 Å². The minimum Gasteiger partial charge on any atom is -0.372 e. The van der Waals surface area contributed by atoms with E-state index in [1.165, 1.54) is 6.07 Å². The normalized spacial score (nSPS) is 21.5. The number of anilines is 1. The van der Waals surface area contributed by atoms with Crippen LogP contribution in [0.4, 0.5) is 11.5 Å². The van der Waals surface area contributed by atoms with Gasteiger partial charge in [0.25, 0.3) is 11.6 Å². The van der Waals surface area contributed by atoms with Crippen molar-refractivity contribution >= 4 is 17.4 Å². The average Bonchev–Trinajstić information content (AvgIpc) is 2.83. The van der Waals surface area contributed by atoms with E-state index in [1.807, 2.05) is 0 Å². The van der Waals surface area contributed by atoms with Gasteiger partial charge in [0, 0.05) is 19.2 Å². The maximum Gasteiger partial charge on any atom is 0.288 e. The summed E-state index contributed by atoms with van der Waals surface area (Å²) in [7, 11) is 1.63. The van der Waals surface area contributed by atoms with Gasteiger partial charge < -0.3 is 10.6 Å². The highest BCUT2D eigenvalue weighted by Gasteiger charge is 2.25. The first-order valence-electron chi connectivity index (χ1n) is 6.64. The Kier molecular flexibility index (Phi) is 4.16. The summed E-state index contributed by atoms with van der Waals surface area (Å²) in [5, 5.41) is 16.5. The lowest BCUT2D eigenvalue weighted by Gasteiger charge is -2.14. The highest BCUT2D eigenvalue weighted by Crippen LogP contribution is 2.25. The smallest absolute Gasteiger partial charge is 0.288 e. The van der Waals surface area contributed by atoms with Crippen molar-refractivity contribution in [3.05, 3.63) is 27.9 Å². The first-order valence-corrected chi connectivity index (χ1v) is 6.64. The topological polar surface area (TPSA) is 97.2 Å². The Morgan fingerprint density at radius 1 is 1.50 bits per heavy atom. The molecule has 7 nitrogen and oxygen atoms in total. The Bertz CT molecular complexity index is 532. The molecule has 1 aliphatic carbocycles. The molecule has 2 atom stereocenters. The van der Waals surface area contributed by atoms with Crippen LogP contribution in [0.15, 0.2) is 12.3 Å². The monoisotopic (exact) mass is 278 g/mol. The molecule has 1 heterocycles. The van der Waals surface area contributed by atoms with Crippen LogP contribution in [0.2, 0.25) is 0 Å². The van der Waals surface area contributed by atoms with E-state index in [4.69, 9.17) is 0 Å². The van der Waals surface area contributed by atoms with Gasteiger partial charge in [0.15, 0.2) is 0 Å². The van der Waals surface area contributed by atoms with Gasteiger partial charge in [0.05, 0.1) is 10.5 Å². The lowest BCUT2D eigenvalue weighted by molar-refractivity contribution is -0.385. The van der Waals surface area contributed by atoms with E-state index in [9.17, 15) is 14.9 Å². The Balaban J connectivity index is 2.19. The van der Waals surface area contributed by atoms with Crippen LogP contribution < -0.4 is 10.6 Å². The number of hydrogen-bond donors (Lipinski definition) is 2. The summed E-state index contributed by atoms with van der Waals surface area (Å²) >= 11 is 0. The van der Waals surface area contributed by atoms with Gasteiger partial charge >= 0.3 is 0 Å². The predicted octanol–water partition coefficient (Wildman–Crippen LogP) is 1.95. The third kappa shape index (κ3) is 3.04. The number of rotatable bonds is 4. The summed E-state index contributed by atoms with van der Waals surface area (Å²) in [6.07, 6.45) is 4.13. The first-order chi connectivity index (χ1) is 9.51. The summed E-state index contributed by atoms with van der Waals surface area (Å²) in [5.41, 5.74) is 0.0233. The zero-order valence-corrected chi connectivity index (χ0v) is 11.5. The van der Waals surface area contributed by atoms with E-state index in [-0.39, 0.29) is 23.2 Å². The number of amides is 1. The Morgan fingerprint density at radius 3 is 2.80 bits per heavy atom. The molecule has 0 spiro atoms. The molecule has 108 valence electrons. The second-order valence-corrected chi connectivity index (χ2v) is 5.19. The molecule has 1 aromatic heterocycles. The number of hydrogen-bond acceptors (Lipinski definition) is 5. The SMILES string of the molecule is CNc1ncc([N+](=O)[O-])cc1C(=O)NC1CCC(C)C1. The van der Waals surface area contributed by atoms with Crippen LogP contribution in [-0.2, 0) is 0 Å². The van der Waals surface area contributed by atoms with Crippen molar-refractivity contribution in [3.63, 3.8) is 0 Å². The van der Waals surface area contributed by atoms with Gasteiger partial charge in [-0.25, -0.2) is 4.98 Å². The Hall–Kier alpha value is -2.18. The molecular weight excluding hydrogens is 260 g/mol. The molecule has 0 aromatic carbocycles. The number of nitrogens with zero attached hydrogens (tertiary/aromatic N) is 2. The number of carbonyl (C=O) groups excluding carboxylic acids is 1. The van der Waals surface area contributed by atoms with Crippen LogP contribution in [-0.4, -0.2) is 28.9 Å². The second-order valence-electron chi connectivity index (χ2n) is 5.19. The second kappa shape index (κ2) is 5.85. The summed E-state index contributed by atoms with van der Waals surface area (Å²) in [5.74, 6) is 0.635. The van der Waals surface area contributed by atoms with E-state index in [0.29, 0.717) is 11.7 Å². The lowest BCUT2D eigenvalue weighted by atomic mass is 10.1. The van der Waals surface area contributed by atoms with E-state index in [0.717, 1.165) is 25.5 Å². The van der Waals surface area contributed by atoms with Crippen molar-refractivity contribution in [2.45, 2.75) is 32.2 Å². The maximum absolute atomic E-state index is 12.2. The van der Waals surface area contributed by atoms with E-state index >= 15 is 0 Å². The van der Waals surface area contributed by atoms with Gasteiger partial charge in [-0.1, -0.05) is 6.92 Å². The summed E-state index contributed by atoms with van der Waals surface area (Å²) in [6.45, 7) is 2.15. The van der Waals surface area contributed by atoms with Gasteiger partial charge in [-0.3, -0.25) is 14.9 Å². The summed E-state index contributed by atoms with van der Waals surface area (Å²) in [6, 6.07) is 1.40. The number of nitrogens with one attached hydrogen (secondary N) is 2. The molecule has 0 saturated heterocycles. The van der Waals surface area contributed by atoms with Crippen LogP contribution in [0.3, 0.4) is 0 Å². The molecule has 0 aliphatic heterocycles. The number of pyridine rings is 1. The molecule has 1 amide bonds. The molecule has 2 N–H and O–H groups in total. The molecule has 0 bridgehead atoms. The fourth-order valence-electron chi connectivity index (χ4n) is 2.53. The van der Waals surface area contributed by atoms with Crippen molar-refractivity contribution in [2.24, 2.45) is 5.92 Å². The quantitative estimate of drug-likeness (QED) is 0.648. The maximum atomic E-state index is 12.2. The zero-order chi connectivity index (χ0) is 14.7. The molecular formula is C13H18N4O3. The third-order valence-corrected chi connectivity index (χ3v) is 3.60. The van der Waals surface area contributed by atoms with Crippen LogP contribution in [0, 0.1) is 16.0 Å². The average molecular weight is 278 g/mol. The highest BCUT2D eigenvalue weighted by molar-refractivity contribution is 5.99. The van der Waals surface area contributed by atoms with Crippen molar-refractivity contribution in [1.29, 1.82) is 0 Å². The molecule has 2 unspecified atom stereocenters. The van der Waals surface area contributed by atoms with Crippen LogP contribution in [0.1, 0.15) is 36.5 Å². The molecule has 0 radical (unpaired) electrons. The van der Waals surface area contributed by atoms with Crippen LogP contribution in [0.5, 0.6) is 0 Å². The van der Waals surface area contributed by atoms with Crippen molar-refractivity contribution in [1.82, 2.24) is 10.3 Å². The summed E-state index contributed by atoms with van der Waals surface area (Å²) in [4.78, 5) is 26.4. The Labute approximate surface area is 116 Å². The van der Waals surface area contributed by atoms with Gasteiger partial charge in [-0.15, -0.1) is 0 Å². The van der Waals surface area contributed by atoms with Crippen molar-refractivity contribution in [2.75, 3.05) is 12.4 Å². The lowest BCUT2D eigenvalue weighted by Crippen LogP contribution is -2.33. The van der Waals surface area contributed by atoms with E-state index in [2.05, 4.69) is 22.5 Å². The van der Waals surface area contributed by atoms with Crippen molar-refractivity contribution < 1.29 is 9.72 Å². The molecule has 1 fully saturated rings. The zero-order valence-electron chi connectivity index (χ0n) is 11.5. The Morgan fingerprint density at radius 2 is 2.25 bits per heavy atom. The van der Waals surface area contributed by atoms with Crippen LogP contribution >= 0.6 is 0 Å². The number of nitro groups is 1. The number of aromatic nitrogens is 1. The molecule has 1 saturated carbocycles. The molecule has 2 rings (SSSR count). The largest absolute Gasteiger partial charge is 0.372 e. The minimum absolute atomic E-state index is 0.140. The van der Waals surface area contributed by atoms with E-state index in [1.54, 1.807) is 7.05 Å². The fourth-order valence-corrected chi connectivity index (χ4v) is 2.53. The van der Waals surface area contributed by atoms with Gasteiger partial charge in [-0.05, 0) is 25.2 Å². The number of carbonyl (C=O) groups is 1. The fraction of sp³-hybridized carbons (Fsp3) is 0.538. The summed E-state index contributed by atoms with van der Waals surface area (Å²) < 4.78 is 0. The molecule has 1 aromatic rings. The predicted molar refractivity (Wildman–Crippen MR) is 74.7 cm³/mol. The van der Waals surface area contributed by atoms with Crippen molar-refractivity contribution in [3.8, 4) is 0 Å². The first kappa shape index (κ1) is 14.2. The third-order valence-electron chi connectivity index (χ3n) is 3.60. The van der Waals surface area contributed by atoms with E-state index < -0.39 is 4.92 Å². The van der Waals surface area contributed by atoms with Gasteiger partial charge in [0.2, 0.25) is 0 Å². The van der Waals surface area contributed by atoms with Gasteiger partial charge in [-0.2, -0.15) is 0 Å². The highest BCUT2D eigenvalue weighted by atomic mass is 16.6. The van der Waals surface area contributed by atoms with Gasteiger partial charge in [0.1, 0.15) is 12.0 Å². The standard InChI is InChI=1S/C13H18N4O3/c1-8-3-4-9(5-8)16-13(18)11-6-10(17(19)20)7-15-12(11)14-2/h6-9H,3-5H2,1-2H3,(H,14,15)(H,16,18). The molecule has 7 heteroatoms. The molecule has 20 heavy (non-hydrogen) atoms. The molecule has 1 aliphatic rings. The minimum atomic E-state index is -0.555.